The van der Waals surface area contributed by atoms with Crippen LogP contribution in [0.5, 0.6) is 0 Å². The second-order valence-electron chi connectivity index (χ2n) is 10.1. The number of nitrogens with zero attached hydrogens (tertiary/aromatic N) is 1. The van der Waals surface area contributed by atoms with Crippen LogP contribution in [0.25, 0.3) is 22.4 Å². The van der Waals surface area contributed by atoms with Crippen LogP contribution in [-0.4, -0.2) is 23.3 Å². The zero-order valence-corrected chi connectivity index (χ0v) is 19.3. The zero-order chi connectivity index (χ0) is 26.8. The Morgan fingerprint density at radius 3 is 2.10 bits per heavy atom. The van der Waals surface area contributed by atoms with Crippen LogP contribution in [0.1, 0.15) is 60.9 Å². The summed E-state index contributed by atoms with van der Waals surface area (Å²) in [5, 5.41) is 0. The maximum atomic E-state index is 8.36. The lowest BCUT2D eigenvalue weighted by molar-refractivity contribution is 0.00578. The van der Waals surface area contributed by atoms with Crippen molar-refractivity contribution in [3.05, 3.63) is 72.3 Å². The van der Waals surface area contributed by atoms with E-state index < -0.39 is 24.4 Å². The molecule has 0 radical (unpaired) electrons. The molecule has 2 aromatic carbocycles. The van der Waals surface area contributed by atoms with Crippen molar-refractivity contribution < 1.29 is 16.2 Å². The van der Waals surface area contributed by atoms with Gasteiger partial charge >= 0.3 is 7.12 Å². The second kappa shape index (κ2) is 7.61. The van der Waals surface area contributed by atoms with E-state index in [1.807, 2.05) is 33.8 Å². The minimum Gasteiger partial charge on any atom is -0.399 e. The van der Waals surface area contributed by atoms with Crippen molar-refractivity contribution in [2.75, 3.05) is 0 Å². The number of benzene rings is 2. The van der Waals surface area contributed by atoms with Crippen LogP contribution in [-0.2, 0) is 14.7 Å². The standard InChI is InChI=1S/C27H32BNO2/c1-25(2,3)22-15-21(16-23(18-22)28-30-26(4,5)27(6,7)31-28)24-17-20(13-14-29-24)19-11-9-8-10-12-19/h8-18H,1-7H3/i8D,9D,10D,11D,12D. The molecule has 2 heterocycles. The van der Waals surface area contributed by atoms with Crippen LogP contribution in [0.4, 0.5) is 0 Å². The lowest BCUT2D eigenvalue weighted by atomic mass is 9.74. The maximum absolute atomic E-state index is 8.36. The van der Waals surface area contributed by atoms with E-state index >= 15 is 0 Å². The topological polar surface area (TPSA) is 31.4 Å². The molecule has 4 rings (SSSR count). The number of rotatable bonds is 3. The van der Waals surface area contributed by atoms with Gasteiger partial charge in [-0.2, -0.15) is 0 Å². The Morgan fingerprint density at radius 1 is 0.839 bits per heavy atom. The minimum absolute atomic E-state index is 0.154. The van der Waals surface area contributed by atoms with Crippen molar-refractivity contribution in [1.29, 1.82) is 0 Å². The van der Waals surface area contributed by atoms with Gasteiger partial charge in [-0.25, -0.2) is 0 Å². The third kappa shape index (κ3) is 4.33. The molecule has 0 saturated carbocycles. The Kier molecular flexibility index (Phi) is 3.99. The molecule has 31 heavy (non-hydrogen) atoms. The average molecular weight is 418 g/mol. The van der Waals surface area contributed by atoms with E-state index in [4.69, 9.17) is 16.2 Å². The van der Waals surface area contributed by atoms with Crippen molar-refractivity contribution in [2.24, 2.45) is 0 Å². The van der Waals surface area contributed by atoms with Gasteiger partial charge in [-0.1, -0.05) is 63.1 Å². The van der Waals surface area contributed by atoms with Gasteiger partial charge in [0.25, 0.3) is 0 Å². The van der Waals surface area contributed by atoms with E-state index in [1.165, 1.54) is 0 Å². The molecule has 1 saturated heterocycles. The van der Waals surface area contributed by atoms with Gasteiger partial charge in [0.2, 0.25) is 0 Å². The summed E-state index contributed by atoms with van der Waals surface area (Å²) in [6.45, 7) is 14.5. The van der Waals surface area contributed by atoms with Gasteiger partial charge < -0.3 is 9.31 Å². The number of hydrogen-bond acceptors (Lipinski definition) is 3. The summed E-state index contributed by atoms with van der Waals surface area (Å²) >= 11 is 0. The van der Waals surface area contributed by atoms with E-state index in [-0.39, 0.29) is 35.1 Å². The van der Waals surface area contributed by atoms with Gasteiger partial charge in [0.15, 0.2) is 0 Å². The largest absolute Gasteiger partial charge is 0.494 e. The fraction of sp³-hybridized carbons (Fsp3) is 0.370. The summed E-state index contributed by atoms with van der Waals surface area (Å²) < 4.78 is 53.3. The summed E-state index contributed by atoms with van der Waals surface area (Å²) in [6.07, 6.45) is 1.60. The Balaban J connectivity index is 1.87. The van der Waals surface area contributed by atoms with Crippen molar-refractivity contribution in [3.8, 4) is 22.4 Å². The highest BCUT2D eigenvalue weighted by molar-refractivity contribution is 6.62. The van der Waals surface area contributed by atoms with E-state index in [1.54, 1.807) is 18.3 Å². The highest BCUT2D eigenvalue weighted by atomic mass is 16.7. The molecule has 1 aromatic heterocycles. The molecule has 1 aliphatic heterocycles. The molecule has 0 atom stereocenters. The van der Waals surface area contributed by atoms with E-state index in [0.717, 1.165) is 16.6 Å². The Morgan fingerprint density at radius 2 is 1.48 bits per heavy atom. The third-order valence-corrected chi connectivity index (χ3v) is 6.19. The normalized spacial score (nSPS) is 20.0. The average Bonchev–Trinajstić information content (AvgIpc) is 3.02. The van der Waals surface area contributed by atoms with Crippen LogP contribution in [0.15, 0.2) is 66.7 Å². The lowest BCUT2D eigenvalue weighted by Gasteiger charge is -2.32. The summed E-state index contributed by atoms with van der Waals surface area (Å²) in [4.78, 5) is 4.57. The first kappa shape index (κ1) is 16.2. The molecule has 0 N–H and O–H groups in total. The van der Waals surface area contributed by atoms with Crippen molar-refractivity contribution in [2.45, 2.75) is 65.1 Å². The number of aromatic nitrogens is 1. The molecule has 0 unspecified atom stereocenters. The van der Waals surface area contributed by atoms with Crippen molar-refractivity contribution >= 4 is 12.6 Å². The molecule has 160 valence electrons. The van der Waals surface area contributed by atoms with Crippen molar-refractivity contribution in [1.82, 2.24) is 4.98 Å². The number of pyridine rings is 1. The smallest absolute Gasteiger partial charge is 0.399 e. The monoisotopic (exact) mass is 418 g/mol. The van der Waals surface area contributed by atoms with Crippen LogP contribution >= 0.6 is 0 Å². The highest BCUT2D eigenvalue weighted by Crippen LogP contribution is 2.37. The highest BCUT2D eigenvalue weighted by Gasteiger charge is 2.51. The number of hydrogen-bond donors (Lipinski definition) is 0. The van der Waals surface area contributed by atoms with Crippen LogP contribution < -0.4 is 5.46 Å². The Labute approximate surface area is 194 Å². The van der Waals surface area contributed by atoms with E-state index in [2.05, 4.69) is 37.9 Å². The summed E-state index contributed by atoms with van der Waals surface area (Å²) in [5.74, 6) is 0. The van der Waals surface area contributed by atoms with Crippen LogP contribution in [0, 0.1) is 0 Å². The quantitative estimate of drug-likeness (QED) is 0.488. The first-order valence-corrected chi connectivity index (χ1v) is 10.6. The first-order chi connectivity index (χ1) is 16.5. The molecule has 1 aliphatic rings. The molecule has 1 fully saturated rings. The molecule has 0 amide bonds. The van der Waals surface area contributed by atoms with Gasteiger partial charge in [0.1, 0.15) is 0 Å². The molecule has 3 aromatic rings. The summed E-state index contributed by atoms with van der Waals surface area (Å²) in [6, 6.07) is 8.00. The molecule has 0 aliphatic carbocycles. The Bertz CT molecular complexity index is 1310. The SMILES string of the molecule is [2H]c1c([2H])c([2H])c(-c2ccnc(-c3cc(B4OC(C)(C)C(C)(C)O4)cc(C(C)(C)C)c3)c2)c([2H])c1[2H]. The van der Waals surface area contributed by atoms with Crippen molar-refractivity contribution in [3.63, 3.8) is 0 Å². The molecular formula is C27H32BNO2. The fourth-order valence-electron chi connectivity index (χ4n) is 3.49. The van der Waals surface area contributed by atoms with E-state index in [9.17, 15) is 0 Å². The summed E-state index contributed by atoms with van der Waals surface area (Å²) in [5.41, 5.74) is 2.98. The third-order valence-electron chi connectivity index (χ3n) is 6.19. The van der Waals surface area contributed by atoms with Crippen LogP contribution in [0.3, 0.4) is 0 Å². The first-order valence-electron chi connectivity index (χ1n) is 13.1. The van der Waals surface area contributed by atoms with Crippen LogP contribution in [0.2, 0.25) is 0 Å². The van der Waals surface area contributed by atoms with Gasteiger partial charge in [-0.05, 0) is 73.5 Å². The predicted molar refractivity (Wildman–Crippen MR) is 130 cm³/mol. The maximum Gasteiger partial charge on any atom is 0.494 e. The predicted octanol–water partition coefficient (Wildman–Crippen LogP) is 6.01. The van der Waals surface area contributed by atoms with E-state index in [0.29, 0.717) is 11.3 Å². The van der Waals surface area contributed by atoms with Gasteiger partial charge in [0, 0.05) is 11.8 Å². The van der Waals surface area contributed by atoms with Gasteiger partial charge in [-0.3, -0.25) is 4.98 Å². The fourth-order valence-corrected chi connectivity index (χ4v) is 3.49. The van der Waals surface area contributed by atoms with Gasteiger partial charge in [-0.15, -0.1) is 0 Å². The lowest BCUT2D eigenvalue weighted by Crippen LogP contribution is -2.41. The Hall–Kier alpha value is -2.43. The zero-order valence-electron chi connectivity index (χ0n) is 24.3. The summed E-state index contributed by atoms with van der Waals surface area (Å²) in [7, 11) is -0.541. The second-order valence-corrected chi connectivity index (χ2v) is 10.1. The molecule has 0 spiro atoms. The minimum atomic E-state index is -0.541. The molecular weight excluding hydrogens is 381 g/mol. The molecule has 3 nitrogen and oxygen atoms in total. The molecule has 0 bridgehead atoms. The van der Waals surface area contributed by atoms with Gasteiger partial charge in [0.05, 0.1) is 23.7 Å². The molecule has 4 heteroatoms.